The number of hydrogen-bond donors (Lipinski definition) is 3. The Balaban J connectivity index is 1.91. The van der Waals surface area contributed by atoms with Crippen molar-refractivity contribution in [3.05, 3.63) is 24.3 Å². The second-order valence-electron chi connectivity index (χ2n) is 5.74. The molecule has 1 saturated heterocycles. The first-order valence-electron chi connectivity index (χ1n) is 8.28. The molecule has 0 spiro atoms. The molecule has 3 N–H and O–H groups in total. The summed E-state index contributed by atoms with van der Waals surface area (Å²) in [5.74, 6) is 0.732. The van der Waals surface area contributed by atoms with E-state index in [0.29, 0.717) is 19.6 Å². The average Bonchev–Trinajstić information content (AvgIpc) is 2.94. The second-order valence-corrected chi connectivity index (χ2v) is 5.74. The fourth-order valence-corrected chi connectivity index (χ4v) is 2.63. The summed E-state index contributed by atoms with van der Waals surface area (Å²) >= 11 is 0. The highest BCUT2D eigenvalue weighted by Crippen LogP contribution is 2.24. The van der Waals surface area contributed by atoms with Crippen molar-refractivity contribution >= 4 is 17.6 Å². The van der Waals surface area contributed by atoms with Crippen molar-refractivity contribution in [3.63, 3.8) is 0 Å². The van der Waals surface area contributed by atoms with Gasteiger partial charge in [-0.2, -0.15) is 0 Å². The number of aliphatic hydroxyl groups excluding tert-OH is 1. The van der Waals surface area contributed by atoms with Gasteiger partial charge in [-0.05, 0) is 37.6 Å². The highest BCUT2D eigenvalue weighted by Gasteiger charge is 2.31. The molecule has 7 heteroatoms. The van der Waals surface area contributed by atoms with E-state index in [1.807, 2.05) is 38.1 Å². The molecule has 1 fully saturated rings. The normalized spacial score (nSPS) is 18.4. The van der Waals surface area contributed by atoms with Crippen molar-refractivity contribution < 1.29 is 19.4 Å². The molecule has 0 radical (unpaired) electrons. The number of nitrogens with zero attached hydrogens (tertiary/aromatic N) is 1. The summed E-state index contributed by atoms with van der Waals surface area (Å²) < 4.78 is 5.39. The third kappa shape index (κ3) is 4.61. The van der Waals surface area contributed by atoms with Gasteiger partial charge in [0.1, 0.15) is 5.75 Å². The Kier molecular flexibility index (Phi) is 6.43. The first kappa shape index (κ1) is 18.1. The van der Waals surface area contributed by atoms with Crippen molar-refractivity contribution in [1.29, 1.82) is 0 Å². The van der Waals surface area contributed by atoms with Gasteiger partial charge in [-0.15, -0.1) is 0 Å². The first-order valence-corrected chi connectivity index (χ1v) is 8.28. The number of amides is 3. The predicted molar refractivity (Wildman–Crippen MR) is 91.2 cm³/mol. The molecule has 24 heavy (non-hydrogen) atoms. The van der Waals surface area contributed by atoms with Crippen LogP contribution in [0.3, 0.4) is 0 Å². The van der Waals surface area contributed by atoms with Gasteiger partial charge in [-0.3, -0.25) is 4.79 Å². The van der Waals surface area contributed by atoms with Crippen LogP contribution in [0, 0.1) is 0 Å². The number of ether oxygens (including phenoxy) is 1. The molecule has 2 rings (SSSR count). The molecule has 2 atom stereocenters. The third-order valence-electron chi connectivity index (χ3n) is 3.97. The number of carbonyl (C=O) groups excluding carboxylic acids is 2. The summed E-state index contributed by atoms with van der Waals surface area (Å²) in [6.07, 6.45) is 0.905. The molecule has 132 valence electrons. The lowest BCUT2D eigenvalue weighted by atomic mass is 10.2. The van der Waals surface area contributed by atoms with Crippen LogP contribution < -0.4 is 20.3 Å². The zero-order valence-corrected chi connectivity index (χ0v) is 14.1. The fourth-order valence-electron chi connectivity index (χ4n) is 2.63. The van der Waals surface area contributed by atoms with Crippen LogP contribution in [0.25, 0.3) is 0 Å². The molecule has 7 nitrogen and oxygen atoms in total. The van der Waals surface area contributed by atoms with Gasteiger partial charge in [0.2, 0.25) is 5.91 Å². The number of anilines is 1. The summed E-state index contributed by atoms with van der Waals surface area (Å²) in [5.41, 5.74) is 0.787. The molecule has 1 aromatic rings. The Hall–Kier alpha value is -2.28. The Bertz CT molecular complexity index is 557. The van der Waals surface area contributed by atoms with E-state index >= 15 is 0 Å². The number of nitrogens with one attached hydrogen (secondary N) is 2. The molecule has 3 amide bonds. The van der Waals surface area contributed by atoms with E-state index in [0.717, 1.165) is 11.4 Å². The third-order valence-corrected chi connectivity index (χ3v) is 3.97. The molecule has 0 saturated carbocycles. The predicted octanol–water partition coefficient (Wildman–Crippen LogP) is 1.26. The lowest BCUT2D eigenvalue weighted by Crippen LogP contribution is -2.48. The Morgan fingerprint density at radius 3 is 2.67 bits per heavy atom. The zero-order chi connectivity index (χ0) is 17.5. The van der Waals surface area contributed by atoms with E-state index < -0.39 is 0 Å². The molecular weight excluding hydrogens is 310 g/mol. The monoisotopic (exact) mass is 335 g/mol. The minimum Gasteiger partial charge on any atom is -0.494 e. The van der Waals surface area contributed by atoms with Crippen LogP contribution in [0.1, 0.15) is 26.7 Å². The summed E-state index contributed by atoms with van der Waals surface area (Å²) in [7, 11) is 0. The topological polar surface area (TPSA) is 90.9 Å². The van der Waals surface area contributed by atoms with E-state index in [4.69, 9.17) is 9.84 Å². The van der Waals surface area contributed by atoms with Crippen LogP contribution in [-0.2, 0) is 4.79 Å². The van der Waals surface area contributed by atoms with Crippen LogP contribution in [-0.4, -0.2) is 48.9 Å². The van der Waals surface area contributed by atoms with Gasteiger partial charge in [0.25, 0.3) is 0 Å². The summed E-state index contributed by atoms with van der Waals surface area (Å²) in [5, 5.41) is 14.6. The maximum Gasteiger partial charge on any atom is 0.315 e. The van der Waals surface area contributed by atoms with Crippen molar-refractivity contribution in [2.75, 3.05) is 24.7 Å². The molecule has 0 aromatic heterocycles. The summed E-state index contributed by atoms with van der Waals surface area (Å²) in [4.78, 5) is 25.8. The van der Waals surface area contributed by atoms with Gasteiger partial charge >= 0.3 is 6.03 Å². The smallest absolute Gasteiger partial charge is 0.315 e. The minimum atomic E-state index is -0.359. The maximum absolute atomic E-state index is 12.2. The number of benzene rings is 1. The number of carbonyl (C=O) groups is 2. The number of hydrogen-bond acceptors (Lipinski definition) is 4. The number of rotatable bonds is 7. The standard InChI is InChI=1S/C17H25N3O4/c1-3-12(11-21)18-17(23)19-13-9-16(22)20(10-13)14-5-7-15(8-6-14)24-4-2/h5-8,12-13,21H,3-4,9-11H2,1-2H3,(H2,18,19,23). The molecular formula is C17H25N3O4. The van der Waals surface area contributed by atoms with Crippen molar-refractivity contribution in [3.8, 4) is 5.75 Å². The van der Waals surface area contributed by atoms with Crippen LogP contribution in [0.5, 0.6) is 5.75 Å². The molecule has 0 bridgehead atoms. The van der Waals surface area contributed by atoms with E-state index in [1.54, 1.807) is 4.90 Å². The SMILES string of the molecule is CCOc1ccc(N2CC(NC(=O)NC(CC)CO)CC2=O)cc1. The van der Waals surface area contributed by atoms with Gasteiger partial charge < -0.3 is 25.4 Å². The van der Waals surface area contributed by atoms with E-state index in [-0.39, 0.29) is 37.0 Å². The Morgan fingerprint density at radius 2 is 2.08 bits per heavy atom. The molecule has 1 aliphatic heterocycles. The van der Waals surface area contributed by atoms with E-state index in [1.165, 1.54) is 0 Å². The quantitative estimate of drug-likeness (QED) is 0.700. The van der Waals surface area contributed by atoms with Gasteiger partial charge in [0.05, 0.1) is 25.3 Å². The van der Waals surface area contributed by atoms with E-state index in [2.05, 4.69) is 10.6 Å². The van der Waals surface area contributed by atoms with Crippen molar-refractivity contribution in [2.45, 2.75) is 38.8 Å². The summed E-state index contributed by atoms with van der Waals surface area (Å²) in [6.45, 7) is 4.71. The lowest BCUT2D eigenvalue weighted by molar-refractivity contribution is -0.117. The van der Waals surface area contributed by atoms with E-state index in [9.17, 15) is 9.59 Å². The van der Waals surface area contributed by atoms with Crippen LogP contribution in [0.2, 0.25) is 0 Å². The van der Waals surface area contributed by atoms with Crippen molar-refractivity contribution in [2.24, 2.45) is 0 Å². The maximum atomic E-state index is 12.2. The molecule has 2 unspecified atom stereocenters. The molecule has 1 aromatic carbocycles. The minimum absolute atomic E-state index is 0.0290. The van der Waals surface area contributed by atoms with Crippen LogP contribution in [0.15, 0.2) is 24.3 Å². The largest absolute Gasteiger partial charge is 0.494 e. The van der Waals surface area contributed by atoms with Gasteiger partial charge in [-0.25, -0.2) is 4.79 Å². The van der Waals surface area contributed by atoms with Gasteiger partial charge in [-0.1, -0.05) is 6.92 Å². The first-order chi connectivity index (χ1) is 11.6. The highest BCUT2D eigenvalue weighted by atomic mass is 16.5. The van der Waals surface area contributed by atoms with Crippen LogP contribution >= 0.6 is 0 Å². The number of urea groups is 1. The van der Waals surface area contributed by atoms with Gasteiger partial charge in [0, 0.05) is 18.7 Å². The van der Waals surface area contributed by atoms with Gasteiger partial charge in [0.15, 0.2) is 0 Å². The molecule has 1 aliphatic rings. The Labute approximate surface area is 142 Å². The highest BCUT2D eigenvalue weighted by molar-refractivity contribution is 5.96. The van der Waals surface area contributed by atoms with Crippen molar-refractivity contribution in [1.82, 2.24) is 10.6 Å². The second kappa shape index (κ2) is 8.54. The fraction of sp³-hybridized carbons (Fsp3) is 0.529. The molecule has 0 aliphatic carbocycles. The zero-order valence-electron chi connectivity index (χ0n) is 14.1. The van der Waals surface area contributed by atoms with Crippen LogP contribution in [0.4, 0.5) is 10.5 Å². The lowest BCUT2D eigenvalue weighted by Gasteiger charge is -2.19. The number of aliphatic hydroxyl groups is 1. The Morgan fingerprint density at radius 1 is 1.38 bits per heavy atom. The molecule has 1 heterocycles. The average molecular weight is 335 g/mol. The summed E-state index contributed by atoms with van der Waals surface area (Å²) in [6, 6.07) is 6.44.